The summed E-state index contributed by atoms with van der Waals surface area (Å²) in [5.74, 6) is -0.322. The minimum Gasteiger partial charge on any atom is -0.399 e. The van der Waals surface area contributed by atoms with Crippen LogP contribution in [0.15, 0.2) is 41.2 Å². The number of aromatic amines is 1. The molecule has 0 radical (unpaired) electrons. The highest BCUT2D eigenvalue weighted by Crippen LogP contribution is 2.17. The van der Waals surface area contributed by atoms with Gasteiger partial charge in [0.05, 0.1) is 0 Å². The Kier molecular flexibility index (Phi) is 3.09. The van der Waals surface area contributed by atoms with Gasteiger partial charge >= 0.3 is 0 Å². The third kappa shape index (κ3) is 2.37. The first-order chi connectivity index (χ1) is 8.58. The summed E-state index contributed by atoms with van der Waals surface area (Å²) >= 11 is 0. The number of nitrogens with two attached hydrogens (primary N) is 1. The molecular weight excluding hydrogens is 232 g/mol. The lowest BCUT2D eigenvalue weighted by molar-refractivity contribution is 0.0987. The van der Waals surface area contributed by atoms with Crippen molar-refractivity contribution in [2.75, 3.05) is 17.7 Å². The van der Waals surface area contributed by atoms with Crippen molar-refractivity contribution in [3.63, 3.8) is 0 Å². The van der Waals surface area contributed by atoms with Crippen LogP contribution in [-0.2, 0) is 0 Å². The van der Waals surface area contributed by atoms with Crippen molar-refractivity contribution in [3.05, 3.63) is 52.4 Å². The van der Waals surface area contributed by atoms with E-state index in [-0.39, 0.29) is 17.2 Å². The number of nitrogen functional groups attached to an aromatic ring is 1. The van der Waals surface area contributed by atoms with Gasteiger partial charge < -0.3 is 10.6 Å². The lowest BCUT2D eigenvalue weighted by Gasteiger charge is -2.16. The van der Waals surface area contributed by atoms with Gasteiger partial charge in [-0.25, -0.2) is 5.10 Å². The van der Waals surface area contributed by atoms with E-state index in [2.05, 4.69) is 10.2 Å². The quantitative estimate of drug-likeness (QED) is 0.758. The first kappa shape index (κ1) is 11.8. The Balaban J connectivity index is 2.29. The summed E-state index contributed by atoms with van der Waals surface area (Å²) in [6, 6.07) is 9.58. The number of H-pyrrole nitrogens is 1. The Bertz CT molecular complexity index is 615. The summed E-state index contributed by atoms with van der Waals surface area (Å²) < 4.78 is 0. The monoisotopic (exact) mass is 244 g/mol. The molecule has 0 spiro atoms. The van der Waals surface area contributed by atoms with Crippen LogP contribution in [0.4, 0.5) is 11.4 Å². The number of benzene rings is 1. The molecule has 0 unspecified atom stereocenters. The van der Waals surface area contributed by atoms with Crippen LogP contribution in [0.5, 0.6) is 0 Å². The molecule has 0 saturated carbocycles. The summed E-state index contributed by atoms with van der Waals surface area (Å²) in [6.07, 6.45) is 0. The second-order valence-corrected chi connectivity index (χ2v) is 3.77. The number of hydrogen-bond donors (Lipinski definition) is 2. The molecule has 0 bridgehead atoms. The molecule has 6 nitrogen and oxygen atoms in total. The third-order valence-electron chi connectivity index (χ3n) is 2.46. The van der Waals surface area contributed by atoms with Crippen molar-refractivity contribution in [1.29, 1.82) is 0 Å². The summed E-state index contributed by atoms with van der Waals surface area (Å²) in [5.41, 5.74) is 6.70. The Morgan fingerprint density at radius 3 is 2.72 bits per heavy atom. The van der Waals surface area contributed by atoms with Gasteiger partial charge in [-0.3, -0.25) is 9.59 Å². The lowest BCUT2D eigenvalue weighted by atomic mass is 10.2. The van der Waals surface area contributed by atoms with Crippen molar-refractivity contribution in [2.24, 2.45) is 0 Å². The number of hydrogen-bond acceptors (Lipinski definition) is 4. The van der Waals surface area contributed by atoms with E-state index in [1.165, 1.54) is 17.0 Å². The first-order valence-electron chi connectivity index (χ1n) is 5.27. The zero-order valence-corrected chi connectivity index (χ0v) is 9.75. The van der Waals surface area contributed by atoms with E-state index in [9.17, 15) is 9.59 Å². The Morgan fingerprint density at radius 2 is 2.11 bits per heavy atom. The molecule has 0 saturated heterocycles. The third-order valence-corrected chi connectivity index (χ3v) is 2.46. The van der Waals surface area contributed by atoms with Crippen LogP contribution in [0.2, 0.25) is 0 Å². The van der Waals surface area contributed by atoms with Crippen LogP contribution in [-0.4, -0.2) is 23.2 Å². The van der Waals surface area contributed by atoms with E-state index in [0.29, 0.717) is 11.4 Å². The fourth-order valence-electron chi connectivity index (χ4n) is 1.49. The second kappa shape index (κ2) is 4.70. The number of rotatable bonds is 2. The Hall–Kier alpha value is -2.63. The van der Waals surface area contributed by atoms with Gasteiger partial charge in [-0.15, -0.1) is 0 Å². The maximum Gasteiger partial charge on any atom is 0.278 e. The summed E-state index contributed by atoms with van der Waals surface area (Å²) in [6.45, 7) is 0. The van der Waals surface area contributed by atoms with Gasteiger partial charge in [0.15, 0.2) is 0 Å². The molecule has 1 aromatic heterocycles. The second-order valence-electron chi connectivity index (χ2n) is 3.77. The minimum atomic E-state index is -0.349. The molecule has 92 valence electrons. The molecule has 18 heavy (non-hydrogen) atoms. The SMILES string of the molecule is CN(C(=O)c1ccc(=O)[nH]n1)c1cccc(N)c1. The van der Waals surface area contributed by atoms with Gasteiger partial charge in [0.2, 0.25) is 0 Å². The van der Waals surface area contributed by atoms with Crippen LogP contribution >= 0.6 is 0 Å². The summed E-state index contributed by atoms with van der Waals surface area (Å²) in [5, 5.41) is 5.91. The minimum absolute atomic E-state index is 0.166. The van der Waals surface area contributed by atoms with Gasteiger partial charge in [0.1, 0.15) is 5.69 Å². The molecule has 0 aliphatic carbocycles. The van der Waals surface area contributed by atoms with Gasteiger partial charge in [0.25, 0.3) is 11.5 Å². The zero-order chi connectivity index (χ0) is 13.1. The maximum absolute atomic E-state index is 12.1. The van der Waals surface area contributed by atoms with Crippen molar-refractivity contribution in [3.8, 4) is 0 Å². The molecular formula is C12H12N4O2. The molecule has 6 heteroatoms. The maximum atomic E-state index is 12.1. The van der Waals surface area contributed by atoms with E-state index in [1.807, 2.05) is 0 Å². The number of aromatic nitrogens is 2. The van der Waals surface area contributed by atoms with Crippen LogP contribution in [0.25, 0.3) is 0 Å². The molecule has 2 rings (SSSR count). The smallest absolute Gasteiger partial charge is 0.278 e. The van der Waals surface area contributed by atoms with E-state index in [0.717, 1.165) is 0 Å². The summed E-state index contributed by atoms with van der Waals surface area (Å²) in [7, 11) is 1.61. The number of nitrogens with zero attached hydrogens (tertiary/aromatic N) is 2. The van der Waals surface area contributed by atoms with E-state index >= 15 is 0 Å². The fourth-order valence-corrected chi connectivity index (χ4v) is 1.49. The summed E-state index contributed by atoms with van der Waals surface area (Å²) in [4.78, 5) is 24.4. The standard InChI is InChI=1S/C12H12N4O2/c1-16(9-4-2-3-8(13)7-9)12(18)10-5-6-11(17)15-14-10/h2-7H,13H2,1H3,(H,15,17). The number of amides is 1. The molecule has 1 heterocycles. The van der Waals surface area contributed by atoms with Crippen molar-refractivity contribution < 1.29 is 4.79 Å². The molecule has 0 aliphatic rings. The molecule has 0 atom stereocenters. The van der Waals surface area contributed by atoms with Gasteiger partial charge in [-0.05, 0) is 24.3 Å². The number of nitrogens with one attached hydrogen (secondary N) is 1. The fraction of sp³-hybridized carbons (Fsp3) is 0.0833. The molecule has 0 fully saturated rings. The van der Waals surface area contributed by atoms with Crippen molar-refractivity contribution in [1.82, 2.24) is 10.2 Å². The van der Waals surface area contributed by atoms with Crippen LogP contribution in [0, 0.1) is 0 Å². The van der Waals surface area contributed by atoms with Crippen LogP contribution < -0.4 is 16.2 Å². The number of carbonyl (C=O) groups is 1. The largest absolute Gasteiger partial charge is 0.399 e. The molecule has 3 N–H and O–H groups in total. The molecule has 1 aromatic carbocycles. The van der Waals surface area contributed by atoms with Gasteiger partial charge in [-0.1, -0.05) is 6.07 Å². The zero-order valence-electron chi connectivity index (χ0n) is 9.75. The van der Waals surface area contributed by atoms with E-state index in [4.69, 9.17) is 5.73 Å². The van der Waals surface area contributed by atoms with Crippen LogP contribution in [0.3, 0.4) is 0 Å². The van der Waals surface area contributed by atoms with Crippen molar-refractivity contribution >= 4 is 17.3 Å². The Morgan fingerprint density at radius 1 is 1.33 bits per heavy atom. The van der Waals surface area contributed by atoms with Crippen molar-refractivity contribution in [2.45, 2.75) is 0 Å². The molecule has 0 aliphatic heterocycles. The van der Waals surface area contributed by atoms with Gasteiger partial charge in [0, 0.05) is 24.5 Å². The van der Waals surface area contributed by atoms with Gasteiger partial charge in [-0.2, -0.15) is 5.10 Å². The van der Waals surface area contributed by atoms with E-state index in [1.54, 1.807) is 31.3 Å². The average Bonchev–Trinajstić information content (AvgIpc) is 2.38. The normalized spacial score (nSPS) is 10.1. The molecule has 1 amide bonds. The predicted molar refractivity (Wildman–Crippen MR) is 68.4 cm³/mol. The highest BCUT2D eigenvalue weighted by atomic mass is 16.2. The highest BCUT2D eigenvalue weighted by molar-refractivity contribution is 6.04. The average molecular weight is 244 g/mol. The molecule has 2 aromatic rings. The van der Waals surface area contributed by atoms with Crippen LogP contribution in [0.1, 0.15) is 10.5 Å². The predicted octanol–water partition coefficient (Wildman–Crippen LogP) is 0.629. The highest BCUT2D eigenvalue weighted by Gasteiger charge is 2.14. The van der Waals surface area contributed by atoms with E-state index < -0.39 is 0 Å². The first-order valence-corrected chi connectivity index (χ1v) is 5.27. The number of carbonyl (C=O) groups excluding carboxylic acids is 1. The topological polar surface area (TPSA) is 92.1 Å². The Labute approximate surface area is 103 Å². The lowest BCUT2D eigenvalue weighted by Crippen LogP contribution is -2.28. The number of anilines is 2.